The van der Waals surface area contributed by atoms with Crippen LogP contribution in [0.25, 0.3) is 5.57 Å². The van der Waals surface area contributed by atoms with Gasteiger partial charge in [0.1, 0.15) is 5.75 Å². The van der Waals surface area contributed by atoms with Crippen molar-refractivity contribution in [3.05, 3.63) is 58.5 Å². The Kier molecular flexibility index (Phi) is 6.23. The van der Waals surface area contributed by atoms with Crippen molar-refractivity contribution in [2.24, 2.45) is 5.41 Å². The molecule has 1 aromatic rings. The average Bonchev–Trinajstić information content (AvgIpc) is 2.84. The Morgan fingerprint density at radius 2 is 2.00 bits per heavy atom. The SMILES string of the molecule is CC(C)(C)C(=O)O.O=[N+]([O-])c1ccc2c(c1)C1=CC=C[CH-][C@@H]1O2.[Cu+]. The van der Waals surface area contributed by atoms with Crippen LogP contribution in [0.15, 0.2) is 36.4 Å². The van der Waals surface area contributed by atoms with Crippen molar-refractivity contribution in [2.45, 2.75) is 26.9 Å². The smallest absolute Gasteiger partial charge is 0.499 e. The van der Waals surface area contributed by atoms with Crippen molar-refractivity contribution in [2.75, 3.05) is 0 Å². The van der Waals surface area contributed by atoms with Gasteiger partial charge in [-0.05, 0) is 32.4 Å². The Morgan fingerprint density at radius 1 is 1.38 bits per heavy atom. The van der Waals surface area contributed by atoms with E-state index in [1.165, 1.54) is 6.07 Å². The summed E-state index contributed by atoms with van der Waals surface area (Å²) in [6, 6.07) is 4.68. The summed E-state index contributed by atoms with van der Waals surface area (Å²) < 4.78 is 5.65. The molecule has 1 aliphatic carbocycles. The quantitative estimate of drug-likeness (QED) is 0.348. The van der Waals surface area contributed by atoms with E-state index in [0.717, 1.165) is 11.1 Å². The van der Waals surface area contributed by atoms with E-state index in [9.17, 15) is 14.9 Å². The Morgan fingerprint density at radius 3 is 2.54 bits per heavy atom. The van der Waals surface area contributed by atoms with Gasteiger partial charge in [-0.15, -0.1) is 6.08 Å². The molecule has 7 heteroatoms. The van der Waals surface area contributed by atoms with Crippen molar-refractivity contribution in [3.63, 3.8) is 0 Å². The van der Waals surface area contributed by atoms with Crippen LogP contribution in [-0.2, 0) is 21.9 Å². The van der Waals surface area contributed by atoms with Crippen molar-refractivity contribution < 1.29 is 36.6 Å². The molecule has 132 valence electrons. The number of nitro groups is 1. The third-order valence-corrected chi connectivity index (χ3v) is 3.36. The van der Waals surface area contributed by atoms with Crippen LogP contribution < -0.4 is 4.74 Å². The molecule has 6 nitrogen and oxygen atoms in total. The van der Waals surface area contributed by atoms with E-state index in [2.05, 4.69) is 0 Å². The fraction of sp³-hybridized carbons (Fsp3) is 0.294. The first kappa shape index (κ1) is 19.8. The summed E-state index contributed by atoms with van der Waals surface area (Å²) in [7, 11) is 0. The van der Waals surface area contributed by atoms with Gasteiger partial charge in [0.2, 0.25) is 0 Å². The second kappa shape index (κ2) is 7.55. The first-order valence-electron chi connectivity index (χ1n) is 7.11. The first-order valence-corrected chi connectivity index (χ1v) is 7.11. The Labute approximate surface area is 150 Å². The number of carboxylic acid groups (broad SMARTS) is 1. The zero-order chi connectivity index (χ0) is 17.2. The van der Waals surface area contributed by atoms with Crippen LogP contribution in [0.5, 0.6) is 5.75 Å². The van der Waals surface area contributed by atoms with E-state index in [0.29, 0.717) is 5.75 Å². The normalized spacial score (nSPS) is 16.8. The summed E-state index contributed by atoms with van der Waals surface area (Å²) >= 11 is 0. The maximum Gasteiger partial charge on any atom is 1.00 e. The monoisotopic (exact) mass is 379 g/mol. The van der Waals surface area contributed by atoms with Crippen LogP contribution in [0.3, 0.4) is 0 Å². The molecule has 0 unspecified atom stereocenters. The molecule has 0 amide bonds. The minimum Gasteiger partial charge on any atom is -0.499 e. The van der Waals surface area contributed by atoms with E-state index in [-0.39, 0.29) is 28.9 Å². The van der Waals surface area contributed by atoms with Crippen molar-refractivity contribution in [1.82, 2.24) is 0 Å². The van der Waals surface area contributed by atoms with Crippen LogP contribution in [0.4, 0.5) is 5.69 Å². The topological polar surface area (TPSA) is 89.7 Å². The van der Waals surface area contributed by atoms with Crippen molar-refractivity contribution in [1.29, 1.82) is 0 Å². The summed E-state index contributed by atoms with van der Waals surface area (Å²) in [4.78, 5) is 20.3. The number of aliphatic carboxylic acids is 1. The van der Waals surface area contributed by atoms with Gasteiger partial charge in [-0.1, -0.05) is 0 Å². The predicted octanol–water partition coefficient (Wildman–Crippen LogP) is 3.63. The number of allylic oxidation sites excluding steroid dienone is 2. The maximum absolute atomic E-state index is 10.7. The number of carbonyl (C=O) groups is 1. The number of fused-ring (bicyclic) bond motifs is 3. The summed E-state index contributed by atoms with van der Waals surface area (Å²) in [6.07, 6.45) is 7.58. The van der Waals surface area contributed by atoms with Crippen LogP contribution in [0.1, 0.15) is 26.3 Å². The van der Waals surface area contributed by atoms with Gasteiger partial charge in [-0.3, -0.25) is 14.9 Å². The number of nitro benzene ring substituents is 1. The molecule has 0 bridgehead atoms. The van der Waals surface area contributed by atoms with E-state index in [1.54, 1.807) is 32.9 Å². The largest absolute Gasteiger partial charge is 1.00 e. The van der Waals surface area contributed by atoms with E-state index < -0.39 is 16.3 Å². The second-order valence-electron chi connectivity index (χ2n) is 6.23. The zero-order valence-electron chi connectivity index (χ0n) is 13.4. The van der Waals surface area contributed by atoms with E-state index in [4.69, 9.17) is 9.84 Å². The van der Waals surface area contributed by atoms with E-state index >= 15 is 0 Å². The molecule has 1 N–H and O–H groups in total. The Bertz CT molecular complexity index is 703. The number of non-ortho nitro benzene ring substituents is 1. The average molecular weight is 380 g/mol. The molecule has 0 aromatic heterocycles. The second-order valence-corrected chi connectivity index (χ2v) is 6.23. The molecule has 1 atom stereocenters. The summed E-state index contributed by atoms with van der Waals surface area (Å²) in [6.45, 7) is 4.99. The molecule has 1 heterocycles. The van der Waals surface area contributed by atoms with Crippen LogP contribution in [0, 0.1) is 22.0 Å². The van der Waals surface area contributed by atoms with Gasteiger partial charge in [-0.25, -0.2) is 12.2 Å². The molecule has 0 fully saturated rings. The number of hydrogen-bond acceptors (Lipinski definition) is 4. The molecule has 0 spiro atoms. The maximum atomic E-state index is 10.7. The molecule has 0 saturated carbocycles. The third kappa shape index (κ3) is 4.40. The van der Waals surface area contributed by atoms with Gasteiger partial charge in [-0.2, -0.15) is 6.42 Å². The predicted molar refractivity (Wildman–Crippen MR) is 86.0 cm³/mol. The van der Waals surface area contributed by atoms with Crippen LogP contribution in [-0.4, -0.2) is 22.1 Å². The standard InChI is InChI=1S/C12H8NO3.C5H10O2.Cu/c14-13(15)8-5-6-12-10(7-8)9-3-1-2-4-11(9)16-12;1-5(2,3)4(6)7;/h1-7,11H;1-3H3,(H,6,7);/q-1;;+1/t11-;;/m0../s1. The minimum atomic E-state index is -0.757. The molecular formula is C17H18CuNO5. The van der Waals surface area contributed by atoms with Gasteiger partial charge in [0, 0.05) is 17.7 Å². The minimum absolute atomic E-state index is 0. The fourth-order valence-corrected chi connectivity index (χ4v) is 1.97. The summed E-state index contributed by atoms with van der Waals surface area (Å²) in [5.41, 5.74) is 1.32. The van der Waals surface area contributed by atoms with Gasteiger partial charge in [0.15, 0.2) is 0 Å². The van der Waals surface area contributed by atoms with Gasteiger partial charge < -0.3 is 9.84 Å². The summed E-state index contributed by atoms with van der Waals surface area (Å²) in [5, 5.41) is 18.9. The summed E-state index contributed by atoms with van der Waals surface area (Å²) in [5.74, 6) is -0.0469. The molecule has 2 aliphatic rings. The fourth-order valence-electron chi connectivity index (χ4n) is 1.97. The van der Waals surface area contributed by atoms with Gasteiger partial charge >= 0.3 is 23.0 Å². The molecular weight excluding hydrogens is 362 g/mol. The Balaban J connectivity index is 0.000000312. The molecule has 0 radical (unpaired) electrons. The third-order valence-electron chi connectivity index (χ3n) is 3.36. The number of ether oxygens (including phenoxy) is 1. The van der Waals surface area contributed by atoms with Gasteiger partial charge in [0.25, 0.3) is 5.69 Å². The number of benzene rings is 1. The van der Waals surface area contributed by atoms with E-state index in [1.807, 2.05) is 24.6 Å². The number of hydrogen-bond donors (Lipinski definition) is 1. The number of carboxylic acids is 1. The van der Waals surface area contributed by atoms with Crippen LogP contribution >= 0.6 is 0 Å². The zero-order valence-corrected chi connectivity index (χ0v) is 14.4. The van der Waals surface area contributed by atoms with Crippen molar-refractivity contribution >= 4 is 17.2 Å². The Hall–Kier alpha value is -2.24. The first-order chi connectivity index (χ1) is 10.7. The van der Waals surface area contributed by atoms with Crippen LogP contribution in [0.2, 0.25) is 0 Å². The molecule has 1 aromatic carbocycles. The molecule has 24 heavy (non-hydrogen) atoms. The number of nitrogens with zero attached hydrogens (tertiary/aromatic N) is 1. The van der Waals surface area contributed by atoms with Crippen molar-refractivity contribution in [3.8, 4) is 5.75 Å². The molecule has 1 aliphatic heterocycles. The molecule has 3 rings (SSSR count). The number of rotatable bonds is 1. The molecule has 0 saturated heterocycles. The van der Waals surface area contributed by atoms with Gasteiger partial charge in [0.05, 0.1) is 16.4 Å².